The highest BCUT2D eigenvalue weighted by atomic mass is 16.5. The number of aliphatic carboxylic acids is 1. The minimum absolute atomic E-state index is 0.299. The predicted octanol–water partition coefficient (Wildman–Crippen LogP) is 3.13. The first-order valence-corrected chi connectivity index (χ1v) is 7.56. The molecule has 0 aromatic heterocycles. The van der Waals surface area contributed by atoms with Gasteiger partial charge in [-0.3, -0.25) is 0 Å². The molecule has 4 nitrogen and oxygen atoms in total. The lowest BCUT2D eigenvalue weighted by Crippen LogP contribution is -2.15. The van der Waals surface area contributed by atoms with Crippen LogP contribution in [0.2, 0.25) is 0 Å². The van der Waals surface area contributed by atoms with Crippen molar-refractivity contribution in [3.05, 3.63) is 41.5 Å². The fourth-order valence-corrected chi connectivity index (χ4v) is 2.46. The smallest absolute Gasteiger partial charge is 0.341 e. The minimum atomic E-state index is -0.960. The number of hydrogen-bond donors (Lipinski definition) is 2. The van der Waals surface area contributed by atoms with Gasteiger partial charge in [-0.1, -0.05) is 23.8 Å². The van der Waals surface area contributed by atoms with E-state index >= 15 is 0 Å². The Bertz CT molecular complexity index is 479. The molecule has 0 radical (unpaired) electrons. The van der Waals surface area contributed by atoms with Crippen LogP contribution in [0.25, 0.3) is 0 Å². The molecule has 114 valence electrons. The van der Waals surface area contributed by atoms with Crippen LogP contribution in [0.1, 0.15) is 37.7 Å². The summed E-state index contributed by atoms with van der Waals surface area (Å²) in [5, 5.41) is 12.0. The summed E-state index contributed by atoms with van der Waals surface area (Å²) in [5.74, 6) is -0.369. The molecule has 0 atom stereocenters. The summed E-state index contributed by atoms with van der Waals surface area (Å²) in [7, 11) is 0. The third-order valence-electron chi connectivity index (χ3n) is 3.62. The zero-order chi connectivity index (χ0) is 14.9. The fourth-order valence-electron chi connectivity index (χ4n) is 2.46. The molecule has 0 fully saturated rings. The van der Waals surface area contributed by atoms with Crippen LogP contribution < -0.4 is 10.1 Å². The third kappa shape index (κ3) is 6.00. The zero-order valence-corrected chi connectivity index (χ0v) is 12.3. The molecule has 2 N–H and O–H groups in total. The summed E-state index contributed by atoms with van der Waals surface area (Å²) in [6.07, 6.45) is 8.71. The summed E-state index contributed by atoms with van der Waals surface area (Å²) in [4.78, 5) is 10.4. The first-order valence-electron chi connectivity index (χ1n) is 7.56. The van der Waals surface area contributed by atoms with Crippen LogP contribution in [-0.4, -0.2) is 24.2 Å². The van der Waals surface area contributed by atoms with Gasteiger partial charge in [-0.2, -0.15) is 0 Å². The van der Waals surface area contributed by atoms with Gasteiger partial charge < -0.3 is 15.2 Å². The molecule has 4 heteroatoms. The van der Waals surface area contributed by atoms with Crippen molar-refractivity contribution in [2.45, 2.75) is 38.6 Å². The maximum absolute atomic E-state index is 10.4. The predicted molar refractivity (Wildman–Crippen MR) is 82.4 cm³/mol. The van der Waals surface area contributed by atoms with Gasteiger partial charge in [-0.15, -0.1) is 0 Å². The lowest BCUT2D eigenvalue weighted by molar-refractivity contribution is -0.139. The van der Waals surface area contributed by atoms with Gasteiger partial charge >= 0.3 is 5.97 Å². The SMILES string of the molecule is O=C(O)COc1ccc(CNCCC2=CCCCC2)cc1. The number of carboxylic acids is 1. The van der Waals surface area contributed by atoms with Crippen LogP contribution in [0.3, 0.4) is 0 Å². The summed E-state index contributed by atoms with van der Waals surface area (Å²) in [5.41, 5.74) is 2.77. The normalized spacial score (nSPS) is 14.6. The Hall–Kier alpha value is -1.81. The van der Waals surface area contributed by atoms with E-state index in [1.807, 2.05) is 24.3 Å². The molecular formula is C17H23NO3. The number of nitrogens with one attached hydrogen (secondary N) is 1. The van der Waals surface area contributed by atoms with E-state index in [4.69, 9.17) is 9.84 Å². The molecule has 0 aliphatic heterocycles. The van der Waals surface area contributed by atoms with E-state index in [0.717, 1.165) is 19.5 Å². The Morgan fingerprint density at radius 1 is 1.24 bits per heavy atom. The van der Waals surface area contributed by atoms with Gasteiger partial charge in [-0.05, 0) is 56.3 Å². The number of rotatable bonds is 8. The molecule has 0 spiro atoms. The first kappa shape index (κ1) is 15.6. The van der Waals surface area contributed by atoms with Crippen LogP contribution in [0, 0.1) is 0 Å². The quantitative estimate of drug-likeness (QED) is 0.570. The topological polar surface area (TPSA) is 58.6 Å². The van der Waals surface area contributed by atoms with Crippen molar-refractivity contribution in [2.24, 2.45) is 0 Å². The molecule has 0 saturated carbocycles. The number of carboxylic acid groups (broad SMARTS) is 1. The largest absolute Gasteiger partial charge is 0.482 e. The van der Waals surface area contributed by atoms with Crippen molar-refractivity contribution >= 4 is 5.97 Å². The first-order chi connectivity index (χ1) is 10.2. The second kappa shape index (κ2) is 8.47. The van der Waals surface area contributed by atoms with E-state index in [-0.39, 0.29) is 6.61 Å². The molecule has 21 heavy (non-hydrogen) atoms. The molecule has 0 unspecified atom stereocenters. The van der Waals surface area contributed by atoms with Crippen molar-refractivity contribution < 1.29 is 14.6 Å². The average molecular weight is 289 g/mol. The Morgan fingerprint density at radius 2 is 2.05 bits per heavy atom. The van der Waals surface area contributed by atoms with Crippen molar-refractivity contribution in [1.29, 1.82) is 0 Å². The molecule has 1 aliphatic carbocycles. The summed E-state index contributed by atoms with van der Waals surface area (Å²) in [6.45, 7) is 1.53. The standard InChI is InChI=1S/C17H23NO3/c19-17(20)13-21-16-8-6-15(7-9-16)12-18-11-10-14-4-2-1-3-5-14/h4,6-9,18H,1-3,5,10-13H2,(H,19,20). The summed E-state index contributed by atoms with van der Waals surface area (Å²) >= 11 is 0. The number of hydrogen-bond acceptors (Lipinski definition) is 3. The molecular weight excluding hydrogens is 266 g/mol. The van der Waals surface area contributed by atoms with Crippen molar-refractivity contribution in [2.75, 3.05) is 13.2 Å². The number of allylic oxidation sites excluding steroid dienone is 1. The second-order valence-corrected chi connectivity index (χ2v) is 5.36. The maximum atomic E-state index is 10.4. The molecule has 2 rings (SSSR count). The molecule has 0 bridgehead atoms. The Balaban J connectivity index is 1.66. The van der Waals surface area contributed by atoms with E-state index in [2.05, 4.69) is 11.4 Å². The number of benzene rings is 1. The van der Waals surface area contributed by atoms with Gasteiger partial charge in [-0.25, -0.2) is 4.79 Å². The van der Waals surface area contributed by atoms with E-state index in [9.17, 15) is 4.79 Å². The average Bonchev–Trinajstić information content (AvgIpc) is 2.52. The van der Waals surface area contributed by atoms with Gasteiger partial charge in [0, 0.05) is 6.54 Å². The number of ether oxygens (including phenoxy) is 1. The lowest BCUT2D eigenvalue weighted by atomic mass is 9.97. The van der Waals surface area contributed by atoms with Crippen LogP contribution in [-0.2, 0) is 11.3 Å². The highest BCUT2D eigenvalue weighted by molar-refractivity contribution is 5.68. The van der Waals surface area contributed by atoms with Gasteiger partial charge in [0.25, 0.3) is 0 Å². The Kier molecular flexibility index (Phi) is 6.28. The lowest BCUT2D eigenvalue weighted by Gasteiger charge is -2.13. The second-order valence-electron chi connectivity index (χ2n) is 5.36. The third-order valence-corrected chi connectivity index (χ3v) is 3.62. The van der Waals surface area contributed by atoms with Crippen molar-refractivity contribution in [3.8, 4) is 5.75 Å². The van der Waals surface area contributed by atoms with Gasteiger partial charge in [0.1, 0.15) is 5.75 Å². The molecule has 0 amide bonds. The van der Waals surface area contributed by atoms with Crippen LogP contribution >= 0.6 is 0 Å². The molecule has 0 saturated heterocycles. The fraction of sp³-hybridized carbons (Fsp3) is 0.471. The molecule has 1 aromatic rings. The van der Waals surface area contributed by atoms with Crippen LogP contribution in [0.4, 0.5) is 0 Å². The monoisotopic (exact) mass is 289 g/mol. The van der Waals surface area contributed by atoms with E-state index < -0.39 is 5.97 Å². The summed E-state index contributed by atoms with van der Waals surface area (Å²) < 4.78 is 5.10. The highest BCUT2D eigenvalue weighted by Gasteiger charge is 2.03. The van der Waals surface area contributed by atoms with Crippen LogP contribution in [0.5, 0.6) is 5.75 Å². The Morgan fingerprint density at radius 3 is 2.71 bits per heavy atom. The molecule has 1 aliphatic rings. The highest BCUT2D eigenvalue weighted by Crippen LogP contribution is 2.19. The van der Waals surface area contributed by atoms with Crippen molar-refractivity contribution in [1.82, 2.24) is 5.32 Å². The van der Waals surface area contributed by atoms with Crippen LogP contribution in [0.15, 0.2) is 35.9 Å². The maximum Gasteiger partial charge on any atom is 0.341 e. The van der Waals surface area contributed by atoms with E-state index in [0.29, 0.717) is 5.75 Å². The van der Waals surface area contributed by atoms with Gasteiger partial charge in [0.15, 0.2) is 6.61 Å². The molecule has 0 heterocycles. The number of carbonyl (C=O) groups is 1. The van der Waals surface area contributed by atoms with Gasteiger partial charge in [0.05, 0.1) is 0 Å². The minimum Gasteiger partial charge on any atom is -0.482 e. The van der Waals surface area contributed by atoms with Gasteiger partial charge in [0.2, 0.25) is 0 Å². The van der Waals surface area contributed by atoms with Crippen molar-refractivity contribution in [3.63, 3.8) is 0 Å². The zero-order valence-electron chi connectivity index (χ0n) is 12.3. The summed E-state index contributed by atoms with van der Waals surface area (Å²) in [6, 6.07) is 7.54. The molecule has 1 aromatic carbocycles. The Labute approximate surface area is 125 Å². The van der Waals surface area contributed by atoms with E-state index in [1.165, 1.54) is 31.2 Å². The van der Waals surface area contributed by atoms with E-state index in [1.54, 1.807) is 5.57 Å².